The summed E-state index contributed by atoms with van der Waals surface area (Å²) in [7, 11) is 0. The monoisotopic (exact) mass is 299 g/mol. The van der Waals surface area contributed by atoms with Crippen LogP contribution in [0.25, 0.3) is 5.57 Å². The first-order valence-corrected chi connectivity index (χ1v) is 6.74. The fourth-order valence-electron chi connectivity index (χ4n) is 2.52. The summed E-state index contributed by atoms with van der Waals surface area (Å²) in [5, 5.41) is 5.22. The normalized spacial score (nSPS) is 14.9. The molecule has 2 heterocycles. The van der Waals surface area contributed by atoms with Gasteiger partial charge in [-0.25, -0.2) is 4.39 Å². The quantitative estimate of drug-likeness (QED) is 0.745. The van der Waals surface area contributed by atoms with Gasteiger partial charge in [-0.2, -0.15) is 0 Å². The Morgan fingerprint density at radius 1 is 1.32 bits per heavy atom. The molecule has 6 heteroatoms. The first-order chi connectivity index (χ1) is 10.5. The van der Waals surface area contributed by atoms with Crippen molar-refractivity contribution in [3.8, 4) is 0 Å². The van der Waals surface area contributed by atoms with Crippen molar-refractivity contribution in [1.29, 1.82) is 0 Å². The Morgan fingerprint density at radius 2 is 2.09 bits per heavy atom. The summed E-state index contributed by atoms with van der Waals surface area (Å²) in [4.78, 5) is 27.1. The van der Waals surface area contributed by atoms with Crippen molar-refractivity contribution in [3.05, 3.63) is 58.8 Å². The number of aromatic amines is 1. The molecule has 0 unspecified atom stereocenters. The van der Waals surface area contributed by atoms with Gasteiger partial charge >= 0.3 is 0 Å². The van der Waals surface area contributed by atoms with Gasteiger partial charge < -0.3 is 15.6 Å². The SMILES string of the molecule is Cc1c[nH]c(C)c1C(=O)N/C=C1\C(=O)Nc2ccc(F)cc21. The maximum atomic E-state index is 13.3. The molecule has 112 valence electrons. The second-order valence-electron chi connectivity index (χ2n) is 5.15. The molecular formula is C16H14FN3O2. The number of rotatable bonds is 2. The summed E-state index contributed by atoms with van der Waals surface area (Å²) < 4.78 is 13.3. The molecule has 1 aromatic heterocycles. The number of H-pyrrole nitrogens is 1. The fraction of sp³-hybridized carbons (Fsp3) is 0.125. The lowest BCUT2D eigenvalue weighted by Gasteiger charge is -2.03. The van der Waals surface area contributed by atoms with Crippen molar-refractivity contribution in [2.24, 2.45) is 0 Å². The van der Waals surface area contributed by atoms with E-state index >= 15 is 0 Å². The maximum absolute atomic E-state index is 13.3. The molecule has 0 atom stereocenters. The highest BCUT2D eigenvalue weighted by Gasteiger charge is 2.25. The average molecular weight is 299 g/mol. The lowest BCUT2D eigenvalue weighted by atomic mass is 10.1. The van der Waals surface area contributed by atoms with Crippen molar-refractivity contribution in [2.45, 2.75) is 13.8 Å². The van der Waals surface area contributed by atoms with E-state index in [9.17, 15) is 14.0 Å². The molecule has 2 aromatic rings. The van der Waals surface area contributed by atoms with E-state index in [4.69, 9.17) is 0 Å². The van der Waals surface area contributed by atoms with Crippen LogP contribution in [-0.2, 0) is 4.79 Å². The second-order valence-corrected chi connectivity index (χ2v) is 5.15. The van der Waals surface area contributed by atoms with Gasteiger partial charge in [0.1, 0.15) is 5.82 Å². The van der Waals surface area contributed by atoms with E-state index in [2.05, 4.69) is 15.6 Å². The summed E-state index contributed by atoms with van der Waals surface area (Å²) in [6.45, 7) is 3.61. The minimum Gasteiger partial charge on any atom is -0.364 e. The van der Waals surface area contributed by atoms with E-state index in [1.807, 2.05) is 6.92 Å². The van der Waals surface area contributed by atoms with Crippen molar-refractivity contribution in [2.75, 3.05) is 5.32 Å². The molecule has 0 bridgehead atoms. The number of halogens is 1. The minimum atomic E-state index is -0.440. The smallest absolute Gasteiger partial charge is 0.257 e. The molecule has 2 amide bonds. The Bertz CT molecular complexity index is 801. The third-order valence-electron chi connectivity index (χ3n) is 3.61. The molecule has 1 aliphatic rings. The Balaban J connectivity index is 1.89. The van der Waals surface area contributed by atoms with Gasteiger partial charge in [0.05, 0.1) is 11.1 Å². The van der Waals surface area contributed by atoms with Crippen LogP contribution in [-0.4, -0.2) is 16.8 Å². The van der Waals surface area contributed by atoms with Gasteiger partial charge in [0, 0.05) is 29.3 Å². The van der Waals surface area contributed by atoms with E-state index in [-0.39, 0.29) is 17.4 Å². The highest BCUT2D eigenvalue weighted by atomic mass is 19.1. The number of aromatic nitrogens is 1. The van der Waals surface area contributed by atoms with E-state index in [0.29, 0.717) is 16.8 Å². The van der Waals surface area contributed by atoms with Crippen LogP contribution < -0.4 is 10.6 Å². The Hall–Kier alpha value is -2.89. The number of hydrogen-bond donors (Lipinski definition) is 3. The van der Waals surface area contributed by atoms with Crippen LogP contribution in [0.3, 0.4) is 0 Å². The number of anilines is 1. The molecule has 0 fully saturated rings. The van der Waals surface area contributed by atoms with Gasteiger partial charge in [-0.3, -0.25) is 9.59 Å². The zero-order valence-electron chi connectivity index (χ0n) is 12.1. The standard InChI is InChI=1S/C16H14FN3O2/c1-8-6-18-9(2)14(8)16(22)19-7-12-11-5-10(17)3-4-13(11)20-15(12)21/h3-7,18H,1-2H3,(H,19,22)(H,20,21)/b12-7-. The van der Waals surface area contributed by atoms with E-state index in [1.54, 1.807) is 13.1 Å². The van der Waals surface area contributed by atoms with E-state index in [0.717, 1.165) is 11.3 Å². The van der Waals surface area contributed by atoms with Crippen LogP contribution in [0.4, 0.5) is 10.1 Å². The van der Waals surface area contributed by atoms with Crippen LogP contribution in [0.1, 0.15) is 27.2 Å². The van der Waals surface area contributed by atoms with Gasteiger partial charge in [-0.05, 0) is 37.6 Å². The number of nitrogens with one attached hydrogen (secondary N) is 3. The largest absolute Gasteiger partial charge is 0.364 e. The zero-order chi connectivity index (χ0) is 15.9. The number of fused-ring (bicyclic) bond motifs is 1. The maximum Gasteiger partial charge on any atom is 0.257 e. The Kier molecular flexibility index (Phi) is 3.29. The second kappa shape index (κ2) is 5.14. The summed E-state index contributed by atoms with van der Waals surface area (Å²) in [6, 6.07) is 4.02. The molecular weight excluding hydrogens is 285 g/mol. The first-order valence-electron chi connectivity index (χ1n) is 6.74. The predicted octanol–water partition coefficient (Wildman–Crippen LogP) is 2.49. The van der Waals surface area contributed by atoms with Gasteiger partial charge in [0.15, 0.2) is 0 Å². The summed E-state index contributed by atoms with van der Waals surface area (Å²) in [6.07, 6.45) is 3.05. The number of benzene rings is 1. The van der Waals surface area contributed by atoms with Gasteiger partial charge in [-0.15, -0.1) is 0 Å². The van der Waals surface area contributed by atoms with Gasteiger partial charge in [-0.1, -0.05) is 0 Å². The number of hydrogen-bond acceptors (Lipinski definition) is 2. The molecule has 3 N–H and O–H groups in total. The topological polar surface area (TPSA) is 74.0 Å². The summed E-state index contributed by atoms with van der Waals surface area (Å²) in [5.74, 6) is -1.13. The molecule has 0 spiro atoms. The molecule has 0 saturated carbocycles. The molecule has 22 heavy (non-hydrogen) atoms. The van der Waals surface area contributed by atoms with E-state index in [1.165, 1.54) is 24.4 Å². The van der Waals surface area contributed by atoms with Crippen LogP contribution in [0.15, 0.2) is 30.6 Å². The molecule has 5 nitrogen and oxygen atoms in total. The fourth-order valence-corrected chi connectivity index (χ4v) is 2.52. The third-order valence-corrected chi connectivity index (χ3v) is 3.61. The molecule has 3 rings (SSSR count). The summed E-state index contributed by atoms with van der Waals surface area (Å²) in [5.41, 5.74) is 3.29. The minimum absolute atomic E-state index is 0.230. The van der Waals surface area contributed by atoms with Gasteiger partial charge in [0.2, 0.25) is 0 Å². The van der Waals surface area contributed by atoms with Crippen molar-refractivity contribution in [3.63, 3.8) is 0 Å². The number of carbonyl (C=O) groups excluding carboxylic acids is 2. The van der Waals surface area contributed by atoms with Crippen LogP contribution in [0.5, 0.6) is 0 Å². The third kappa shape index (κ3) is 2.28. The average Bonchev–Trinajstić information content (AvgIpc) is 2.96. The van der Waals surface area contributed by atoms with Crippen LogP contribution in [0, 0.1) is 19.7 Å². The lowest BCUT2D eigenvalue weighted by molar-refractivity contribution is -0.110. The number of carbonyl (C=O) groups is 2. The van der Waals surface area contributed by atoms with Crippen molar-refractivity contribution < 1.29 is 14.0 Å². The van der Waals surface area contributed by atoms with E-state index < -0.39 is 5.82 Å². The summed E-state index contributed by atoms with van der Waals surface area (Å²) >= 11 is 0. The van der Waals surface area contributed by atoms with Crippen LogP contribution in [0.2, 0.25) is 0 Å². The molecule has 1 aromatic carbocycles. The van der Waals surface area contributed by atoms with Gasteiger partial charge in [0.25, 0.3) is 11.8 Å². The number of aryl methyl sites for hydroxylation is 2. The highest BCUT2D eigenvalue weighted by Crippen LogP contribution is 2.31. The molecule has 0 radical (unpaired) electrons. The molecule has 0 aliphatic carbocycles. The zero-order valence-corrected chi connectivity index (χ0v) is 12.1. The van der Waals surface area contributed by atoms with Crippen molar-refractivity contribution >= 4 is 23.1 Å². The Morgan fingerprint density at radius 3 is 2.77 bits per heavy atom. The lowest BCUT2D eigenvalue weighted by Crippen LogP contribution is -2.20. The molecule has 0 saturated heterocycles. The first kappa shape index (κ1) is 14.1. The number of amides is 2. The van der Waals surface area contributed by atoms with Crippen molar-refractivity contribution in [1.82, 2.24) is 10.3 Å². The molecule has 1 aliphatic heterocycles. The predicted molar refractivity (Wildman–Crippen MR) is 80.7 cm³/mol. The highest BCUT2D eigenvalue weighted by molar-refractivity contribution is 6.31. The Labute approximate surface area is 126 Å². The van der Waals surface area contributed by atoms with Crippen LogP contribution >= 0.6 is 0 Å².